The number of ether oxygens (including phenoxy) is 4. The summed E-state index contributed by atoms with van der Waals surface area (Å²) in [5, 5.41) is 1.54. The van der Waals surface area contributed by atoms with Crippen molar-refractivity contribution in [2.75, 3.05) is 20.8 Å². The molecule has 1 saturated heterocycles. The van der Waals surface area contributed by atoms with Gasteiger partial charge in [0.25, 0.3) is 0 Å². The molecule has 3 saturated carbocycles. The molecule has 1 aliphatic heterocycles. The van der Waals surface area contributed by atoms with Gasteiger partial charge in [-0.05, 0) is 100 Å². The smallest absolute Gasteiger partial charge is 0.362 e. The number of likely N-dealkylation sites (tertiary alicyclic amines) is 1. The van der Waals surface area contributed by atoms with Crippen molar-refractivity contribution in [3.8, 4) is 11.6 Å². The van der Waals surface area contributed by atoms with E-state index in [1.807, 2.05) is 50.6 Å². The molecule has 0 bridgehead atoms. The van der Waals surface area contributed by atoms with E-state index in [0.29, 0.717) is 36.8 Å². The number of Topliss-reactive ketones (excluding diaryl/α,β-unsaturated/α-hetero) is 1. The molecule has 4 aliphatic rings. The molecule has 4 fully saturated rings. The fourth-order valence-corrected chi connectivity index (χ4v) is 8.86. The zero-order chi connectivity index (χ0) is 44.8. The highest BCUT2D eigenvalue weighted by molar-refractivity contribution is 7.85. The van der Waals surface area contributed by atoms with Gasteiger partial charge in [-0.15, -0.1) is 0 Å². The Morgan fingerprint density at radius 1 is 1.00 bits per heavy atom. The lowest BCUT2D eigenvalue weighted by molar-refractivity contribution is -0.161. The monoisotopic (exact) mass is 858 g/mol. The topological polar surface area (TPSA) is 220 Å². The van der Waals surface area contributed by atoms with Gasteiger partial charge in [-0.1, -0.05) is 34.6 Å². The summed E-state index contributed by atoms with van der Waals surface area (Å²) in [5.41, 5.74) is 1.37. The summed E-state index contributed by atoms with van der Waals surface area (Å²) in [6.45, 7) is 16.2. The van der Waals surface area contributed by atoms with Crippen LogP contribution in [0.5, 0.6) is 11.6 Å². The van der Waals surface area contributed by atoms with Crippen molar-refractivity contribution in [1.29, 1.82) is 0 Å². The van der Waals surface area contributed by atoms with Crippen LogP contribution in [0.4, 0.5) is 0 Å². The molecule has 0 spiro atoms. The van der Waals surface area contributed by atoms with Crippen LogP contribution in [0.3, 0.4) is 0 Å². The van der Waals surface area contributed by atoms with Crippen LogP contribution in [-0.4, -0.2) is 97.5 Å². The van der Waals surface area contributed by atoms with E-state index < -0.39 is 79.5 Å². The molecule has 7 atom stereocenters. The van der Waals surface area contributed by atoms with Crippen molar-refractivity contribution < 1.29 is 55.5 Å². The average molecular weight is 859 g/mol. The first-order valence-electron chi connectivity index (χ1n) is 20.5. The molecule has 2 heterocycles. The summed E-state index contributed by atoms with van der Waals surface area (Å²) in [6.07, 6.45) is 2.75. The number of nitrogens with two attached hydrogens (primary N) is 1. The number of aromatic nitrogens is 1. The SMILES string of the molecule is COC(=O)[C@@]1(N)C[C@H]1C.COc1ccc2c(O[C@@H]3C[C@@H](C(=O)C[C@]4(C(=O)NS(=O)(=O)OC5(C)CC5)C[C@H]4C)N(C(=O)[C@@H](CC(=O)OC(C)(C)C)C(C)(C)C)C3)nccc2c1. The van der Waals surface area contributed by atoms with Crippen LogP contribution >= 0.6 is 0 Å². The first kappa shape index (κ1) is 46.7. The van der Waals surface area contributed by atoms with Crippen molar-refractivity contribution in [3.05, 3.63) is 30.5 Å². The van der Waals surface area contributed by atoms with Gasteiger partial charge in [0.1, 0.15) is 23.0 Å². The Hall–Kier alpha value is -4.35. The molecule has 2 aromatic rings. The van der Waals surface area contributed by atoms with Crippen molar-refractivity contribution >= 4 is 50.6 Å². The Morgan fingerprint density at radius 3 is 2.13 bits per heavy atom. The quantitative estimate of drug-likeness (QED) is 0.244. The fraction of sp³-hybridized carbons (Fsp3) is 0.674. The Labute approximate surface area is 353 Å². The van der Waals surface area contributed by atoms with Gasteiger partial charge < -0.3 is 29.6 Å². The standard InChI is InChI=1S/C37H51N3O10S.C6H11NO2/c1-22-19-37(22,33(44)39-51(45,46)50-36(8)13-14-36)20-29(41)28-17-25(48-31-26-11-10-24(47-9)16-23(26)12-15-38-31)21-40(28)32(43)27(34(2,3)4)18-30(42)49-35(5,6)7;1-4-3-6(4,7)5(8)9-2/h10-12,15-16,22,25,27-28H,13-14,17-21H2,1-9H3,(H,39,44);4H,3,7H2,1-2H3/t22-,25-,27-,28+,37-;4-,6-/m11/s1. The summed E-state index contributed by atoms with van der Waals surface area (Å²) in [4.78, 5) is 72.0. The van der Waals surface area contributed by atoms with Crippen molar-refractivity contribution in [1.82, 2.24) is 14.6 Å². The lowest BCUT2D eigenvalue weighted by atomic mass is 9.77. The molecule has 3 N–H and O–H groups in total. The van der Waals surface area contributed by atoms with Gasteiger partial charge in [0.2, 0.25) is 17.7 Å². The van der Waals surface area contributed by atoms with E-state index in [0.717, 1.165) is 17.2 Å². The van der Waals surface area contributed by atoms with Crippen molar-refractivity contribution in [3.63, 3.8) is 0 Å². The summed E-state index contributed by atoms with van der Waals surface area (Å²) in [5.74, 6) is -2.27. The van der Waals surface area contributed by atoms with Gasteiger partial charge in [-0.3, -0.25) is 24.0 Å². The van der Waals surface area contributed by atoms with Crippen LogP contribution in [0.25, 0.3) is 10.8 Å². The van der Waals surface area contributed by atoms with Crippen LogP contribution in [0, 0.1) is 28.6 Å². The number of nitrogens with zero attached hydrogens (tertiary/aromatic N) is 2. The normalized spacial score (nSPS) is 27.1. The molecule has 0 radical (unpaired) electrons. The van der Waals surface area contributed by atoms with Crippen LogP contribution in [0.15, 0.2) is 30.5 Å². The summed E-state index contributed by atoms with van der Waals surface area (Å²) in [6, 6.07) is 6.28. The minimum absolute atomic E-state index is 0.0277. The minimum atomic E-state index is -4.39. The third kappa shape index (κ3) is 10.9. The lowest BCUT2D eigenvalue weighted by Crippen LogP contribution is -2.49. The molecule has 6 rings (SSSR count). The molecule has 2 amide bonds. The first-order valence-corrected chi connectivity index (χ1v) is 21.9. The number of ketones is 1. The maximum atomic E-state index is 14.5. The first-order chi connectivity index (χ1) is 27.7. The highest BCUT2D eigenvalue weighted by Crippen LogP contribution is 2.56. The van der Waals surface area contributed by atoms with E-state index in [4.69, 9.17) is 24.1 Å². The van der Waals surface area contributed by atoms with Gasteiger partial charge in [0.05, 0.1) is 50.2 Å². The highest BCUT2D eigenvalue weighted by Gasteiger charge is 2.61. The second-order valence-electron chi connectivity index (χ2n) is 19.4. The molecule has 60 heavy (non-hydrogen) atoms. The highest BCUT2D eigenvalue weighted by atomic mass is 32.2. The number of carbonyl (C=O) groups excluding carboxylic acids is 5. The number of amides is 2. The van der Waals surface area contributed by atoms with E-state index in [1.165, 1.54) is 12.0 Å². The number of hydrogen-bond acceptors (Lipinski definition) is 14. The van der Waals surface area contributed by atoms with E-state index >= 15 is 0 Å². The summed E-state index contributed by atoms with van der Waals surface area (Å²) < 4.78 is 54.4. The molecule has 1 aromatic carbocycles. The second-order valence-corrected chi connectivity index (χ2v) is 20.6. The number of benzene rings is 1. The summed E-state index contributed by atoms with van der Waals surface area (Å²) in [7, 11) is -1.46. The number of hydrogen-bond donors (Lipinski definition) is 2. The maximum absolute atomic E-state index is 14.5. The second kappa shape index (κ2) is 16.8. The van der Waals surface area contributed by atoms with Gasteiger partial charge in [0.15, 0.2) is 5.78 Å². The summed E-state index contributed by atoms with van der Waals surface area (Å²) >= 11 is 0. The van der Waals surface area contributed by atoms with Crippen LogP contribution in [0.1, 0.15) is 107 Å². The molecule has 332 valence electrons. The molecule has 1 aromatic heterocycles. The van der Waals surface area contributed by atoms with Crippen molar-refractivity contribution in [2.45, 2.75) is 136 Å². The average Bonchev–Trinajstić information content (AvgIpc) is 4.08. The molecular formula is C43H62N4O12S. The number of fused-ring (bicyclic) bond motifs is 1. The lowest BCUT2D eigenvalue weighted by Gasteiger charge is -2.35. The molecular weight excluding hydrogens is 797 g/mol. The van der Waals surface area contributed by atoms with Gasteiger partial charge in [0, 0.05) is 24.4 Å². The predicted octanol–water partition coefficient (Wildman–Crippen LogP) is 4.80. The van der Waals surface area contributed by atoms with E-state index in [2.05, 4.69) is 9.72 Å². The van der Waals surface area contributed by atoms with E-state index in [-0.39, 0.29) is 37.7 Å². The van der Waals surface area contributed by atoms with Gasteiger partial charge in [-0.2, -0.15) is 8.42 Å². The van der Waals surface area contributed by atoms with E-state index in [9.17, 15) is 32.4 Å². The van der Waals surface area contributed by atoms with Gasteiger partial charge in [-0.25, -0.2) is 13.9 Å². The number of pyridine rings is 1. The Bertz CT molecular complexity index is 2110. The fourth-order valence-electron chi connectivity index (χ4n) is 7.69. The third-order valence-corrected chi connectivity index (χ3v) is 13.1. The molecule has 0 unspecified atom stereocenters. The minimum Gasteiger partial charge on any atom is -0.497 e. The zero-order valence-corrected chi connectivity index (χ0v) is 37.5. The predicted molar refractivity (Wildman–Crippen MR) is 221 cm³/mol. The third-order valence-electron chi connectivity index (χ3n) is 12.1. The Morgan fingerprint density at radius 2 is 1.63 bits per heavy atom. The largest absolute Gasteiger partial charge is 0.497 e. The number of carbonyl (C=O) groups is 5. The Kier molecular flexibility index (Phi) is 13.1. The van der Waals surface area contributed by atoms with E-state index in [1.54, 1.807) is 54.0 Å². The molecule has 16 nitrogen and oxygen atoms in total. The van der Waals surface area contributed by atoms with Crippen molar-refractivity contribution in [2.24, 2.45) is 34.3 Å². The number of nitrogens with one attached hydrogen (secondary N) is 1. The number of rotatable bonds is 14. The number of esters is 2. The van der Waals surface area contributed by atoms with Crippen LogP contribution in [0.2, 0.25) is 0 Å². The number of methoxy groups -OCH3 is 2. The molecule has 17 heteroatoms. The van der Waals surface area contributed by atoms with Crippen LogP contribution < -0.4 is 19.9 Å². The Balaban J connectivity index is 0.000000671. The molecule has 3 aliphatic carbocycles. The zero-order valence-electron chi connectivity index (χ0n) is 36.7. The van der Waals surface area contributed by atoms with Gasteiger partial charge >= 0.3 is 22.2 Å². The van der Waals surface area contributed by atoms with Crippen LogP contribution in [-0.2, 0) is 47.9 Å². The maximum Gasteiger partial charge on any atom is 0.362 e.